The van der Waals surface area contributed by atoms with Gasteiger partial charge >= 0.3 is 6.03 Å². The van der Waals surface area contributed by atoms with Gasteiger partial charge in [0.05, 0.1) is 16.6 Å². The Bertz CT molecular complexity index is 657. The maximum atomic E-state index is 12.4. The van der Waals surface area contributed by atoms with E-state index in [0.717, 1.165) is 16.0 Å². The van der Waals surface area contributed by atoms with Crippen molar-refractivity contribution in [1.29, 1.82) is 0 Å². The van der Waals surface area contributed by atoms with E-state index in [1.807, 2.05) is 55.5 Å². The lowest BCUT2D eigenvalue weighted by molar-refractivity contribution is 0.254. The number of carbonyl (C=O) groups excluding carboxylic acids is 1. The number of benzene rings is 2. The fraction of sp³-hybridized carbons (Fsp3) is 0.188. The molecule has 1 atom stereocenters. The Labute approximate surface area is 127 Å². The molecule has 0 fully saturated rings. The van der Waals surface area contributed by atoms with Crippen molar-refractivity contribution in [2.75, 3.05) is 12.4 Å². The van der Waals surface area contributed by atoms with Crippen LogP contribution in [-0.2, 0) is 16.6 Å². The minimum atomic E-state index is -1.14. The second-order valence-corrected chi connectivity index (χ2v) is 6.12. The van der Waals surface area contributed by atoms with E-state index in [0.29, 0.717) is 11.4 Å². The summed E-state index contributed by atoms with van der Waals surface area (Å²) in [5.41, 5.74) is 2.61. The number of rotatable bonds is 4. The summed E-state index contributed by atoms with van der Waals surface area (Å²) in [6.45, 7) is 1.97. The molecule has 2 N–H and O–H groups in total. The molecule has 2 aromatic carbocycles. The minimum absolute atomic E-state index is 0.286. The molecule has 2 rings (SSSR count). The van der Waals surface area contributed by atoms with Gasteiger partial charge in [0.25, 0.3) is 0 Å². The minimum Gasteiger partial charge on any atom is -0.341 e. The van der Waals surface area contributed by atoms with Gasteiger partial charge < -0.3 is 10.6 Å². The van der Waals surface area contributed by atoms with Crippen LogP contribution in [0.2, 0.25) is 0 Å². The zero-order valence-corrected chi connectivity index (χ0v) is 12.9. The first-order chi connectivity index (χ1) is 10.1. The molecule has 0 radical (unpaired) electrons. The average Bonchev–Trinajstić information content (AvgIpc) is 2.50. The van der Waals surface area contributed by atoms with E-state index in [2.05, 4.69) is 10.6 Å². The summed E-state index contributed by atoms with van der Waals surface area (Å²) in [7, 11) is 0.419. The summed E-state index contributed by atoms with van der Waals surface area (Å²) in [6.07, 6.45) is 0. The zero-order valence-electron chi connectivity index (χ0n) is 12.1. The molecular formula is C16H18N2O2S. The predicted octanol–water partition coefficient (Wildman–Crippen LogP) is 3.05. The zero-order chi connectivity index (χ0) is 15.2. The van der Waals surface area contributed by atoms with Crippen LogP contribution < -0.4 is 10.6 Å². The Morgan fingerprint density at radius 1 is 1.14 bits per heavy atom. The topological polar surface area (TPSA) is 58.2 Å². The molecular weight excluding hydrogens is 284 g/mol. The molecule has 2 aromatic rings. The smallest absolute Gasteiger partial charge is 0.318 e. The Balaban J connectivity index is 2.24. The molecule has 4 nitrogen and oxygen atoms in total. The summed E-state index contributed by atoms with van der Waals surface area (Å²) in [6, 6.07) is 14.7. The number of aryl methyl sites for hydroxylation is 1. The molecule has 0 saturated heterocycles. The summed E-state index contributed by atoms with van der Waals surface area (Å²) in [5, 5.41) is 5.27. The summed E-state index contributed by atoms with van der Waals surface area (Å²) < 4.78 is 12.4. The molecule has 0 saturated carbocycles. The van der Waals surface area contributed by atoms with Crippen molar-refractivity contribution in [2.45, 2.75) is 17.6 Å². The number of urea groups is 1. The van der Waals surface area contributed by atoms with Gasteiger partial charge in [-0.2, -0.15) is 0 Å². The SMILES string of the molecule is CNC(=O)Nc1ccc(C)cc1CS(=O)c1ccccc1. The van der Waals surface area contributed by atoms with Crippen LogP contribution in [-0.4, -0.2) is 17.3 Å². The van der Waals surface area contributed by atoms with E-state index < -0.39 is 10.8 Å². The number of anilines is 1. The van der Waals surface area contributed by atoms with E-state index in [4.69, 9.17) is 0 Å². The van der Waals surface area contributed by atoms with Gasteiger partial charge in [-0.25, -0.2) is 4.79 Å². The Hall–Kier alpha value is -2.14. The predicted molar refractivity (Wildman–Crippen MR) is 85.8 cm³/mol. The average molecular weight is 302 g/mol. The van der Waals surface area contributed by atoms with Crippen LogP contribution in [0.4, 0.5) is 10.5 Å². The Morgan fingerprint density at radius 2 is 1.86 bits per heavy atom. The highest BCUT2D eigenvalue weighted by Crippen LogP contribution is 2.21. The lowest BCUT2D eigenvalue weighted by Gasteiger charge is -2.12. The monoisotopic (exact) mass is 302 g/mol. The third-order valence-corrected chi connectivity index (χ3v) is 4.40. The van der Waals surface area contributed by atoms with Gasteiger partial charge in [-0.3, -0.25) is 4.21 Å². The molecule has 0 aliphatic carbocycles. The van der Waals surface area contributed by atoms with Crippen molar-refractivity contribution in [3.8, 4) is 0 Å². The van der Waals surface area contributed by atoms with Crippen LogP contribution in [0, 0.1) is 6.92 Å². The van der Waals surface area contributed by atoms with Gasteiger partial charge in [0, 0.05) is 17.6 Å². The van der Waals surface area contributed by atoms with Crippen LogP contribution in [0.1, 0.15) is 11.1 Å². The molecule has 21 heavy (non-hydrogen) atoms. The maximum Gasteiger partial charge on any atom is 0.318 e. The van der Waals surface area contributed by atoms with Crippen molar-refractivity contribution in [1.82, 2.24) is 5.32 Å². The van der Waals surface area contributed by atoms with Gasteiger partial charge in [-0.05, 0) is 30.7 Å². The van der Waals surface area contributed by atoms with E-state index in [1.165, 1.54) is 0 Å². The lowest BCUT2D eigenvalue weighted by Crippen LogP contribution is -2.25. The molecule has 0 aliphatic heterocycles. The molecule has 0 bridgehead atoms. The van der Waals surface area contributed by atoms with Crippen LogP contribution in [0.25, 0.3) is 0 Å². The van der Waals surface area contributed by atoms with Crippen LogP contribution in [0.15, 0.2) is 53.4 Å². The largest absolute Gasteiger partial charge is 0.341 e. The second-order valence-electron chi connectivity index (χ2n) is 4.67. The number of amides is 2. The van der Waals surface area contributed by atoms with Crippen LogP contribution >= 0.6 is 0 Å². The van der Waals surface area contributed by atoms with E-state index >= 15 is 0 Å². The summed E-state index contributed by atoms with van der Waals surface area (Å²) >= 11 is 0. The molecule has 0 spiro atoms. The van der Waals surface area contributed by atoms with Crippen molar-refractivity contribution in [2.24, 2.45) is 0 Å². The molecule has 5 heteroatoms. The van der Waals surface area contributed by atoms with Gasteiger partial charge in [-0.1, -0.05) is 35.9 Å². The van der Waals surface area contributed by atoms with Crippen LogP contribution in [0.5, 0.6) is 0 Å². The molecule has 0 heterocycles. The highest BCUT2D eigenvalue weighted by atomic mass is 32.2. The standard InChI is InChI=1S/C16H18N2O2S/c1-12-8-9-15(18-16(19)17-2)13(10-12)11-21(20)14-6-4-3-5-7-14/h3-10H,11H2,1-2H3,(H2,17,18,19). The molecule has 0 aliphatic rings. The van der Waals surface area contributed by atoms with E-state index in [1.54, 1.807) is 7.05 Å². The van der Waals surface area contributed by atoms with E-state index in [-0.39, 0.29) is 6.03 Å². The summed E-state index contributed by atoms with van der Waals surface area (Å²) in [4.78, 5) is 12.3. The Kier molecular flexibility index (Phi) is 5.11. The molecule has 2 amide bonds. The quantitative estimate of drug-likeness (QED) is 0.912. The van der Waals surface area contributed by atoms with Crippen molar-refractivity contribution in [3.63, 3.8) is 0 Å². The first kappa shape index (κ1) is 15.3. The van der Waals surface area contributed by atoms with Gasteiger partial charge in [-0.15, -0.1) is 0 Å². The van der Waals surface area contributed by atoms with Crippen molar-refractivity contribution >= 4 is 22.5 Å². The highest BCUT2D eigenvalue weighted by molar-refractivity contribution is 7.84. The molecule has 110 valence electrons. The van der Waals surface area contributed by atoms with Crippen LogP contribution in [0.3, 0.4) is 0 Å². The molecule has 1 unspecified atom stereocenters. The Morgan fingerprint density at radius 3 is 2.52 bits per heavy atom. The van der Waals surface area contributed by atoms with Gasteiger partial charge in [0.15, 0.2) is 0 Å². The third-order valence-electron chi connectivity index (χ3n) is 3.03. The van der Waals surface area contributed by atoms with E-state index in [9.17, 15) is 9.00 Å². The van der Waals surface area contributed by atoms with Crippen molar-refractivity contribution < 1.29 is 9.00 Å². The first-order valence-corrected chi connectivity index (χ1v) is 7.93. The molecule has 0 aromatic heterocycles. The van der Waals surface area contributed by atoms with Gasteiger partial charge in [0.2, 0.25) is 0 Å². The fourth-order valence-corrected chi connectivity index (χ4v) is 3.09. The number of nitrogens with one attached hydrogen (secondary N) is 2. The fourth-order valence-electron chi connectivity index (χ4n) is 1.95. The van der Waals surface area contributed by atoms with Gasteiger partial charge in [0.1, 0.15) is 0 Å². The number of hydrogen-bond donors (Lipinski definition) is 2. The summed E-state index contributed by atoms with van der Waals surface area (Å²) in [5.74, 6) is 0.366. The second kappa shape index (κ2) is 7.04. The normalized spacial score (nSPS) is 11.7. The lowest BCUT2D eigenvalue weighted by atomic mass is 10.1. The number of hydrogen-bond acceptors (Lipinski definition) is 2. The number of carbonyl (C=O) groups is 1. The third kappa shape index (κ3) is 4.16. The maximum absolute atomic E-state index is 12.4. The van der Waals surface area contributed by atoms with Crippen molar-refractivity contribution in [3.05, 3.63) is 59.7 Å². The highest BCUT2D eigenvalue weighted by Gasteiger charge is 2.10. The first-order valence-electron chi connectivity index (χ1n) is 6.62.